The van der Waals surface area contributed by atoms with Crippen molar-refractivity contribution in [2.45, 2.75) is 23.9 Å². The molecule has 142 valence electrons. The van der Waals surface area contributed by atoms with Crippen LogP contribution in [0.1, 0.15) is 12.8 Å². The molecule has 0 aromatic heterocycles. The van der Waals surface area contributed by atoms with Gasteiger partial charge in [0.25, 0.3) is 0 Å². The van der Waals surface area contributed by atoms with Crippen LogP contribution in [0, 0.1) is 17.5 Å². The highest BCUT2D eigenvalue weighted by Crippen LogP contribution is 2.37. The van der Waals surface area contributed by atoms with Gasteiger partial charge in [0.15, 0.2) is 23.2 Å². The normalized spacial score (nSPS) is 22.3. The molecule has 1 unspecified atom stereocenters. The lowest BCUT2D eigenvalue weighted by Gasteiger charge is -2.32. The highest BCUT2D eigenvalue weighted by atomic mass is 32.2. The molecule has 1 saturated heterocycles. The van der Waals surface area contributed by atoms with Crippen molar-refractivity contribution in [2.24, 2.45) is 0 Å². The Kier molecular flexibility index (Phi) is 4.71. The number of hydrogen-bond donors (Lipinski definition) is 2. The van der Waals surface area contributed by atoms with Crippen molar-refractivity contribution in [1.82, 2.24) is 0 Å². The number of rotatable bonds is 4. The highest BCUT2D eigenvalue weighted by molar-refractivity contribution is 7.93. The molecule has 1 spiro atoms. The molecule has 0 saturated carbocycles. The van der Waals surface area contributed by atoms with E-state index in [2.05, 4.69) is 0 Å². The van der Waals surface area contributed by atoms with Crippen LogP contribution in [0.15, 0.2) is 23.8 Å². The van der Waals surface area contributed by atoms with E-state index in [9.17, 15) is 31.5 Å². The fraction of sp³-hybridized carbons (Fsp3) is 0.400. The molecule has 7 nitrogen and oxygen atoms in total. The number of nitrogens with one attached hydrogen (secondary N) is 1. The van der Waals surface area contributed by atoms with Crippen LogP contribution in [0.2, 0.25) is 0 Å². The van der Waals surface area contributed by atoms with Gasteiger partial charge in [-0.1, -0.05) is 0 Å². The van der Waals surface area contributed by atoms with Gasteiger partial charge >= 0.3 is 5.97 Å². The first kappa shape index (κ1) is 18.7. The fourth-order valence-corrected chi connectivity index (χ4v) is 4.48. The van der Waals surface area contributed by atoms with Crippen LogP contribution < -0.4 is 4.72 Å². The number of sulfonamides is 1. The van der Waals surface area contributed by atoms with Crippen molar-refractivity contribution in [3.63, 3.8) is 0 Å². The van der Waals surface area contributed by atoms with Gasteiger partial charge in [0.2, 0.25) is 10.0 Å². The van der Waals surface area contributed by atoms with E-state index in [4.69, 9.17) is 9.47 Å². The molecule has 1 aliphatic carbocycles. The summed E-state index contributed by atoms with van der Waals surface area (Å²) in [5, 5.41) is 7.81. The van der Waals surface area contributed by atoms with E-state index in [0.29, 0.717) is 12.1 Å². The van der Waals surface area contributed by atoms with E-state index < -0.39 is 55.7 Å². The lowest BCUT2D eigenvalue weighted by molar-refractivity contribution is -0.138. The van der Waals surface area contributed by atoms with Gasteiger partial charge in [-0.25, -0.2) is 26.4 Å². The van der Waals surface area contributed by atoms with E-state index in [1.54, 1.807) is 4.72 Å². The first-order chi connectivity index (χ1) is 12.2. The first-order valence-corrected chi connectivity index (χ1v) is 9.09. The number of aliphatic carboxylic acids is 1. The monoisotopic (exact) mass is 393 g/mol. The molecule has 1 aliphatic heterocycles. The van der Waals surface area contributed by atoms with Gasteiger partial charge < -0.3 is 14.6 Å². The predicted octanol–water partition coefficient (Wildman–Crippen LogP) is 1.76. The molecular formula is C15H14F3NO6S. The molecule has 2 N–H and O–H groups in total. The molecule has 0 bridgehead atoms. The van der Waals surface area contributed by atoms with E-state index in [1.165, 1.54) is 0 Å². The minimum Gasteiger partial charge on any atom is -0.478 e. The van der Waals surface area contributed by atoms with Crippen LogP contribution in [0.3, 0.4) is 0 Å². The van der Waals surface area contributed by atoms with Crippen molar-refractivity contribution in [3.8, 4) is 0 Å². The number of hydrogen-bond acceptors (Lipinski definition) is 5. The summed E-state index contributed by atoms with van der Waals surface area (Å²) in [4.78, 5) is 11.5. The Balaban J connectivity index is 1.94. The number of halogens is 3. The lowest BCUT2D eigenvalue weighted by Crippen LogP contribution is -2.42. The molecule has 26 heavy (non-hydrogen) atoms. The van der Waals surface area contributed by atoms with Crippen LogP contribution >= 0.6 is 0 Å². The van der Waals surface area contributed by atoms with Crippen molar-refractivity contribution in [2.75, 3.05) is 17.9 Å². The van der Waals surface area contributed by atoms with Crippen molar-refractivity contribution >= 4 is 21.7 Å². The van der Waals surface area contributed by atoms with Crippen LogP contribution in [-0.2, 0) is 24.3 Å². The summed E-state index contributed by atoms with van der Waals surface area (Å²) < 4.78 is 77.6. The van der Waals surface area contributed by atoms with Crippen molar-refractivity contribution in [3.05, 3.63) is 41.2 Å². The molecule has 1 aromatic rings. The number of carboxylic acids is 1. The summed E-state index contributed by atoms with van der Waals surface area (Å²) in [6.45, 7) is 0.471. The van der Waals surface area contributed by atoms with Crippen molar-refractivity contribution < 1.29 is 41.0 Å². The van der Waals surface area contributed by atoms with Gasteiger partial charge in [0, 0.05) is 6.42 Å². The molecule has 1 aromatic carbocycles. The molecule has 11 heteroatoms. The Morgan fingerprint density at radius 2 is 1.85 bits per heavy atom. The predicted molar refractivity (Wildman–Crippen MR) is 82.2 cm³/mol. The van der Waals surface area contributed by atoms with E-state index >= 15 is 0 Å². The third kappa shape index (κ3) is 3.29. The average Bonchev–Trinajstić information content (AvgIpc) is 3.03. The maximum atomic E-state index is 13.7. The van der Waals surface area contributed by atoms with Crippen LogP contribution in [0.25, 0.3) is 0 Å². The SMILES string of the molecule is O=C(O)C1=CC2(CCC1S(=O)(=O)Nc1ccc(F)c(F)c1F)OCCO2. The van der Waals surface area contributed by atoms with Gasteiger partial charge in [0.05, 0.1) is 24.5 Å². The summed E-state index contributed by atoms with van der Waals surface area (Å²) in [5.74, 6) is -7.85. The number of anilines is 1. The quantitative estimate of drug-likeness (QED) is 0.756. The third-order valence-corrected chi connectivity index (χ3v) is 5.91. The zero-order chi connectivity index (χ0) is 19.1. The largest absolute Gasteiger partial charge is 0.478 e. The Bertz CT molecular complexity index is 880. The van der Waals surface area contributed by atoms with E-state index in [0.717, 1.165) is 6.08 Å². The Labute approximate surface area is 146 Å². The lowest BCUT2D eigenvalue weighted by atomic mass is 9.94. The summed E-state index contributed by atoms with van der Waals surface area (Å²) in [5.41, 5.74) is -1.32. The average molecular weight is 393 g/mol. The van der Waals surface area contributed by atoms with Gasteiger partial charge in [-0.15, -0.1) is 0 Å². The van der Waals surface area contributed by atoms with Crippen LogP contribution in [-0.4, -0.2) is 43.7 Å². The summed E-state index contributed by atoms with van der Waals surface area (Å²) in [6.07, 6.45) is 0.964. The molecule has 0 radical (unpaired) electrons. The number of carbonyl (C=O) groups is 1. The highest BCUT2D eigenvalue weighted by Gasteiger charge is 2.45. The van der Waals surface area contributed by atoms with Crippen LogP contribution in [0.4, 0.5) is 18.9 Å². The summed E-state index contributed by atoms with van der Waals surface area (Å²) in [6, 6.07) is 1.27. The molecule has 2 aliphatic rings. The smallest absolute Gasteiger partial charge is 0.332 e. The van der Waals surface area contributed by atoms with Gasteiger partial charge in [-0.2, -0.15) is 0 Å². The van der Waals surface area contributed by atoms with Crippen LogP contribution in [0.5, 0.6) is 0 Å². The standard InChI is InChI=1S/C15H14F3NO6S/c16-9-1-2-10(13(18)12(9)17)19-26(22,23)11-3-4-15(24-5-6-25-15)7-8(11)14(20)21/h1-2,7,11,19H,3-6H2,(H,20,21). The van der Waals surface area contributed by atoms with Gasteiger partial charge in [-0.05, 0) is 24.6 Å². The molecule has 1 fully saturated rings. The summed E-state index contributed by atoms with van der Waals surface area (Å²) >= 11 is 0. The van der Waals surface area contributed by atoms with Crippen molar-refractivity contribution in [1.29, 1.82) is 0 Å². The number of carboxylic acid groups (broad SMARTS) is 1. The zero-order valence-corrected chi connectivity index (χ0v) is 14.0. The second-order valence-corrected chi connectivity index (χ2v) is 7.67. The second-order valence-electron chi connectivity index (χ2n) is 5.81. The molecular weight excluding hydrogens is 379 g/mol. The maximum absolute atomic E-state index is 13.7. The molecule has 1 atom stereocenters. The molecule has 0 amide bonds. The Hall–Kier alpha value is -2.11. The Morgan fingerprint density at radius 1 is 1.19 bits per heavy atom. The van der Waals surface area contributed by atoms with Gasteiger partial charge in [-0.3, -0.25) is 4.72 Å². The van der Waals surface area contributed by atoms with Gasteiger partial charge in [0.1, 0.15) is 5.25 Å². The topological polar surface area (TPSA) is 102 Å². The number of ether oxygens (including phenoxy) is 2. The fourth-order valence-electron chi connectivity index (χ4n) is 2.94. The number of benzene rings is 1. The molecule has 1 heterocycles. The summed E-state index contributed by atoms with van der Waals surface area (Å²) in [7, 11) is -4.47. The second kappa shape index (κ2) is 6.56. The van der Waals surface area contributed by atoms with E-state index in [-0.39, 0.29) is 26.1 Å². The van der Waals surface area contributed by atoms with E-state index in [1.807, 2.05) is 0 Å². The molecule has 3 rings (SSSR count). The first-order valence-electron chi connectivity index (χ1n) is 7.54. The minimum absolute atomic E-state index is 0.0651. The zero-order valence-electron chi connectivity index (χ0n) is 13.2. The maximum Gasteiger partial charge on any atom is 0.332 e. The minimum atomic E-state index is -4.47. The third-order valence-electron chi connectivity index (χ3n) is 4.16. The Morgan fingerprint density at radius 3 is 2.46 bits per heavy atom.